The van der Waals surface area contributed by atoms with Gasteiger partial charge in [-0.3, -0.25) is 4.90 Å². The minimum absolute atomic E-state index is 0.923. The van der Waals surface area contributed by atoms with Gasteiger partial charge in [-0.25, -0.2) is 0 Å². The van der Waals surface area contributed by atoms with Gasteiger partial charge in [-0.15, -0.1) is 0 Å². The fourth-order valence-electron chi connectivity index (χ4n) is 4.75. The van der Waals surface area contributed by atoms with Gasteiger partial charge in [0.1, 0.15) is 0 Å². The SMILES string of the molecule is c1cc(CN2CCCC2)cc(N2CCC(CN3CCCC3)CC2)c1. The standard InChI is InChI=1S/C21H33N3/c1-2-11-22(10-1)17-19-8-14-24(15-9-19)21-7-5-6-20(16-21)18-23-12-3-4-13-23/h5-7,16,19H,1-4,8-15,17-18H2. The lowest BCUT2D eigenvalue weighted by Crippen LogP contribution is -2.38. The number of piperidine rings is 1. The van der Waals surface area contributed by atoms with Crippen LogP contribution in [0.3, 0.4) is 0 Å². The normalized spacial score (nSPS) is 24.1. The number of hydrogen-bond acceptors (Lipinski definition) is 3. The van der Waals surface area contributed by atoms with E-state index in [0.717, 1.165) is 12.5 Å². The highest BCUT2D eigenvalue weighted by Gasteiger charge is 2.23. The second kappa shape index (κ2) is 7.88. The number of hydrogen-bond donors (Lipinski definition) is 0. The fraction of sp³-hybridized carbons (Fsp3) is 0.714. The van der Waals surface area contributed by atoms with Gasteiger partial charge in [0.2, 0.25) is 0 Å². The zero-order chi connectivity index (χ0) is 16.2. The van der Waals surface area contributed by atoms with Gasteiger partial charge in [0, 0.05) is 31.9 Å². The zero-order valence-corrected chi connectivity index (χ0v) is 15.1. The molecule has 24 heavy (non-hydrogen) atoms. The lowest BCUT2D eigenvalue weighted by molar-refractivity contribution is 0.249. The number of benzene rings is 1. The second-order valence-corrected chi connectivity index (χ2v) is 8.09. The van der Waals surface area contributed by atoms with Crippen molar-refractivity contribution in [2.75, 3.05) is 50.7 Å². The molecule has 3 fully saturated rings. The van der Waals surface area contributed by atoms with Crippen molar-refractivity contribution in [1.82, 2.24) is 9.80 Å². The first kappa shape index (κ1) is 16.4. The topological polar surface area (TPSA) is 9.72 Å². The zero-order valence-electron chi connectivity index (χ0n) is 15.1. The molecule has 0 radical (unpaired) electrons. The predicted octanol–water partition coefficient (Wildman–Crippen LogP) is 3.59. The summed E-state index contributed by atoms with van der Waals surface area (Å²) in [5.41, 5.74) is 2.94. The van der Waals surface area contributed by atoms with Crippen LogP contribution in [0.4, 0.5) is 5.69 Å². The third-order valence-electron chi connectivity index (χ3n) is 6.21. The van der Waals surface area contributed by atoms with E-state index in [4.69, 9.17) is 0 Å². The molecule has 3 aliphatic rings. The van der Waals surface area contributed by atoms with Gasteiger partial charge in [0.25, 0.3) is 0 Å². The third-order valence-corrected chi connectivity index (χ3v) is 6.21. The van der Waals surface area contributed by atoms with Crippen molar-refractivity contribution in [3.05, 3.63) is 29.8 Å². The van der Waals surface area contributed by atoms with Gasteiger partial charge in [-0.05, 0) is 88.3 Å². The monoisotopic (exact) mass is 327 g/mol. The Bertz CT molecular complexity index is 510. The molecule has 1 aromatic carbocycles. The number of anilines is 1. The maximum absolute atomic E-state index is 2.69. The van der Waals surface area contributed by atoms with Crippen molar-refractivity contribution in [2.24, 2.45) is 5.92 Å². The Morgan fingerprint density at radius 3 is 2.17 bits per heavy atom. The van der Waals surface area contributed by atoms with Crippen LogP contribution in [-0.4, -0.2) is 55.6 Å². The molecule has 4 rings (SSSR count). The highest BCUT2D eigenvalue weighted by molar-refractivity contribution is 5.49. The van der Waals surface area contributed by atoms with Crippen molar-refractivity contribution in [1.29, 1.82) is 0 Å². The molecule has 0 saturated carbocycles. The Hall–Kier alpha value is -1.06. The molecule has 0 spiro atoms. The molecule has 0 atom stereocenters. The van der Waals surface area contributed by atoms with Crippen LogP contribution in [0.5, 0.6) is 0 Å². The summed E-state index contributed by atoms with van der Waals surface area (Å²) in [6.45, 7) is 10.2. The van der Waals surface area contributed by atoms with Crippen LogP contribution in [-0.2, 0) is 6.54 Å². The number of nitrogens with zero attached hydrogens (tertiary/aromatic N) is 3. The molecule has 3 aliphatic heterocycles. The molecule has 0 N–H and O–H groups in total. The van der Waals surface area contributed by atoms with Crippen LogP contribution in [0.15, 0.2) is 24.3 Å². The fourth-order valence-corrected chi connectivity index (χ4v) is 4.75. The quantitative estimate of drug-likeness (QED) is 0.818. The molecule has 0 bridgehead atoms. The molecule has 0 aromatic heterocycles. The molecular weight excluding hydrogens is 294 g/mol. The average Bonchev–Trinajstić information content (AvgIpc) is 3.30. The molecule has 1 aromatic rings. The number of rotatable bonds is 5. The summed E-state index contributed by atoms with van der Waals surface area (Å²) >= 11 is 0. The molecule has 3 nitrogen and oxygen atoms in total. The lowest BCUT2D eigenvalue weighted by atomic mass is 9.95. The molecule has 0 unspecified atom stereocenters. The van der Waals surface area contributed by atoms with E-state index in [9.17, 15) is 0 Å². The summed E-state index contributed by atoms with van der Waals surface area (Å²) in [6, 6.07) is 9.33. The smallest absolute Gasteiger partial charge is 0.0369 e. The molecule has 3 saturated heterocycles. The van der Waals surface area contributed by atoms with Crippen LogP contribution in [0, 0.1) is 5.92 Å². The Labute approximate surface area is 147 Å². The Balaban J connectivity index is 1.30. The van der Waals surface area contributed by atoms with Crippen LogP contribution in [0.25, 0.3) is 0 Å². The molecule has 132 valence electrons. The maximum Gasteiger partial charge on any atom is 0.0369 e. The van der Waals surface area contributed by atoms with Crippen molar-refractivity contribution >= 4 is 5.69 Å². The van der Waals surface area contributed by atoms with E-state index < -0.39 is 0 Å². The summed E-state index contributed by atoms with van der Waals surface area (Å²) < 4.78 is 0. The van der Waals surface area contributed by atoms with Crippen molar-refractivity contribution in [3.8, 4) is 0 Å². The van der Waals surface area contributed by atoms with Gasteiger partial charge in [-0.1, -0.05) is 12.1 Å². The molecule has 3 heteroatoms. The van der Waals surface area contributed by atoms with Gasteiger partial charge in [-0.2, -0.15) is 0 Å². The Morgan fingerprint density at radius 2 is 1.46 bits per heavy atom. The lowest BCUT2D eigenvalue weighted by Gasteiger charge is -2.35. The van der Waals surface area contributed by atoms with Gasteiger partial charge < -0.3 is 9.80 Å². The highest BCUT2D eigenvalue weighted by Crippen LogP contribution is 2.26. The first-order valence-electron chi connectivity index (χ1n) is 10.2. The molecular formula is C21H33N3. The Kier molecular flexibility index (Phi) is 5.39. The van der Waals surface area contributed by atoms with Crippen LogP contribution >= 0.6 is 0 Å². The largest absolute Gasteiger partial charge is 0.372 e. The van der Waals surface area contributed by atoms with Crippen LogP contribution < -0.4 is 4.90 Å². The van der Waals surface area contributed by atoms with Crippen LogP contribution in [0.2, 0.25) is 0 Å². The molecule has 0 aliphatic carbocycles. The van der Waals surface area contributed by atoms with Crippen molar-refractivity contribution in [3.63, 3.8) is 0 Å². The summed E-state index contributed by atoms with van der Waals surface area (Å²) in [7, 11) is 0. The Morgan fingerprint density at radius 1 is 0.792 bits per heavy atom. The van der Waals surface area contributed by atoms with E-state index in [-0.39, 0.29) is 0 Å². The average molecular weight is 328 g/mol. The molecule has 0 amide bonds. The summed E-state index contributed by atoms with van der Waals surface area (Å²) in [4.78, 5) is 7.91. The minimum Gasteiger partial charge on any atom is -0.372 e. The predicted molar refractivity (Wildman–Crippen MR) is 102 cm³/mol. The van der Waals surface area contributed by atoms with Crippen molar-refractivity contribution in [2.45, 2.75) is 45.1 Å². The van der Waals surface area contributed by atoms with E-state index in [0.29, 0.717) is 0 Å². The second-order valence-electron chi connectivity index (χ2n) is 8.09. The molecule has 3 heterocycles. The van der Waals surface area contributed by atoms with E-state index >= 15 is 0 Å². The van der Waals surface area contributed by atoms with Gasteiger partial charge in [0.15, 0.2) is 0 Å². The summed E-state index contributed by atoms with van der Waals surface area (Å²) in [6.07, 6.45) is 8.33. The minimum atomic E-state index is 0.923. The van der Waals surface area contributed by atoms with E-state index in [1.54, 1.807) is 0 Å². The van der Waals surface area contributed by atoms with Gasteiger partial charge >= 0.3 is 0 Å². The number of likely N-dealkylation sites (tertiary alicyclic amines) is 2. The van der Waals surface area contributed by atoms with E-state index in [2.05, 4.69) is 39.0 Å². The van der Waals surface area contributed by atoms with Crippen LogP contribution in [0.1, 0.15) is 44.1 Å². The first-order chi connectivity index (χ1) is 11.9. The summed E-state index contributed by atoms with van der Waals surface area (Å²) in [5, 5.41) is 0. The van der Waals surface area contributed by atoms with E-state index in [1.807, 2.05) is 0 Å². The van der Waals surface area contributed by atoms with Gasteiger partial charge in [0.05, 0.1) is 0 Å². The van der Waals surface area contributed by atoms with Crippen molar-refractivity contribution < 1.29 is 0 Å². The maximum atomic E-state index is 2.69. The first-order valence-corrected chi connectivity index (χ1v) is 10.2. The summed E-state index contributed by atoms with van der Waals surface area (Å²) in [5.74, 6) is 0.923. The van der Waals surface area contributed by atoms with E-state index in [1.165, 1.54) is 95.6 Å². The highest BCUT2D eigenvalue weighted by atomic mass is 15.2. The third kappa shape index (κ3) is 4.12.